The van der Waals surface area contributed by atoms with Crippen LogP contribution in [0.25, 0.3) is 0 Å². The number of hydrogen-bond donors (Lipinski definition) is 2. The van der Waals surface area contributed by atoms with E-state index in [-0.39, 0.29) is 17.2 Å². The second-order valence-electron chi connectivity index (χ2n) is 5.14. The van der Waals surface area contributed by atoms with Crippen molar-refractivity contribution in [3.8, 4) is 0 Å². The fourth-order valence-corrected chi connectivity index (χ4v) is 4.29. The van der Waals surface area contributed by atoms with Gasteiger partial charge in [-0.2, -0.15) is 0 Å². The van der Waals surface area contributed by atoms with Gasteiger partial charge in [0.15, 0.2) is 0 Å². The number of rotatable bonds is 5. The Morgan fingerprint density at radius 2 is 2.00 bits per heavy atom. The Bertz CT molecular complexity index is 402. The van der Waals surface area contributed by atoms with Crippen molar-refractivity contribution >= 4 is 16.0 Å². The summed E-state index contributed by atoms with van der Waals surface area (Å²) in [5, 5.41) is 8.85. The van der Waals surface area contributed by atoms with Crippen molar-refractivity contribution in [2.24, 2.45) is 11.8 Å². The summed E-state index contributed by atoms with van der Waals surface area (Å²) in [5.41, 5.74) is 0. The summed E-state index contributed by atoms with van der Waals surface area (Å²) in [6.45, 7) is 1.96. The van der Waals surface area contributed by atoms with Gasteiger partial charge in [-0.05, 0) is 31.6 Å². The molecule has 0 radical (unpaired) electrons. The minimum absolute atomic E-state index is 0.0967. The second-order valence-corrected chi connectivity index (χ2v) is 7.14. The van der Waals surface area contributed by atoms with E-state index in [9.17, 15) is 13.2 Å². The van der Waals surface area contributed by atoms with Crippen molar-refractivity contribution in [1.29, 1.82) is 0 Å². The molecule has 5 nitrogen and oxygen atoms in total. The van der Waals surface area contributed by atoms with Gasteiger partial charge in [-0.1, -0.05) is 13.3 Å². The predicted octanol–water partition coefficient (Wildman–Crippen LogP) is 0.958. The Morgan fingerprint density at radius 1 is 1.35 bits per heavy atom. The summed E-state index contributed by atoms with van der Waals surface area (Å²) in [4.78, 5) is 11.1. The topological polar surface area (TPSA) is 83.5 Å². The Kier molecular flexibility index (Phi) is 3.45. The number of nitrogens with one attached hydrogen (secondary N) is 1. The molecular formula is C11H19NO4S. The average molecular weight is 261 g/mol. The average Bonchev–Trinajstić information content (AvgIpc) is 3.01. The van der Waals surface area contributed by atoms with Crippen LogP contribution in [0, 0.1) is 11.8 Å². The van der Waals surface area contributed by atoms with Gasteiger partial charge >= 0.3 is 5.97 Å². The van der Waals surface area contributed by atoms with Crippen LogP contribution in [0.3, 0.4) is 0 Å². The normalized spacial score (nSPS) is 33.8. The molecule has 2 rings (SSSR count). The Morgan fingerprint density at radius 3 is 2.41 bits per heavy atom. The molecule has 17 heavy (non-hydrogen) atoms. The molecule has 2 aliphatic rings. The van der Waals surface area contributed by atoms with E-state index in [0.29, 0.717) is 12.8 Å². The zero-order chi connectivity index (χ0) is 12.6. The summed E-state index contributed by atoms with van der Waals surface area (Å²) < 4.78 is 26.2. The zero-order valence-corrected chi connectivity index (χ0v) is 10.7. The Balaban J connectivity index is 1.98. The van der Waals surface area contributed by atoms with Gasteiger partial charge in [0.25, 0.3) is 0 Å². The van der Waals surface area contributed by atoms with Crippen molar-refractivity contribution in [2.75, 3.05) is 0 Å². The molecule has 98 valence electrons. The second kappa shape index (κ2) is 4.57. The SMILES string of the molecule is CCC1C[C@H](NS(=O)(=O)C2CC2)C[C@@H]1C(=O)O. The highest BCUT2D eigenvalue weighted by Gasteiger charge is 2.42. The minimum Gasteiger partial charge on any atom is -0.481 e. The maximum atomic E-state index is 11.8. The molecule has 0 aromatic heterocycles. The van der Waals surface area contributed by atoms with Crippen LogP contribution in [-0.4, -0.2) is 30.8 Å². The van der Waals surface area contributed by atoms with E-state index in [1.165, 1.54) is 0 Å². The summed E-state index contributed by atoms with van der Waals surface area (Å²) >= 11 is 0. The first kappa shape index (κ1) is 12.8. The van der Waals surface area contributed by atoms with E-state index in [2.05, 4.69) is 4.72 Å². The maximum Gasteiger partial charge on any atom is 0.306 e. The van der Waals surface area contributed by atoms with Gasteiger partial charge in [-0.25, -0.2) is 13.1 Å². The van der Waals surface area contributed by atoms with Crippen molar-refractivity contribution in [3.63, 3.8) is 0 Å². The number of carbonyl (C=O) groups is 1. The lowest BCUT2D eigenvalue weighted by Crippen LogP contribution is -2.35. The molecule has 6 heteroatoms. The molecule has 0 aromatic carbocycles. The number of carboxylic acids is 1. The van der Waals surface area contributed by atoms with Crippen LogP contribution in [0.15, 0.2) is 0 Å². The summed E-state index contributed by atoms with van der Waals surface area (Å²) in [6, 6.07) is -0.188. The summed E-state index contributed by atoms with van der Waals surface area (Å²) in [5.74, 6) is -1.10. The zero-order valence-electron chi connectivity index (χ0n) is 9.93. The molecule has 2 fully saturated rings. The lowest BCUT2D eigenvalue weighted by atomic mass is 9.94. The van der Waals surface area contributed by atoms with E-state index in [0.717, 1.165) is 19.3 Å². The first-order chi connectivity index (χ1) is 7.94. The van der Waals surface area contributed by atoms with Crippen LogP contribution in [-0.2, 0) is 14.8 Å². The van der Waals surface area contributed by atoms with E-state index in [1.54, 1.807) is 0 Å². The van der Waals surface area contributed by atoms with Gasteiger partial charge in [0, 0.05) is 6.04 Å². The van der Waals surface area contributed by atoms with Gasteiger partial charge in [0.2, 0.25) is 10.0 Å². The van der Waals surface area contributed by atoms with Crippen LogP contribution in [0.5, 0.6) is 0 Å². The molecule has 0 saturated heterocycles. The van der Waals surface area contributed by atoms with E-state index >= 15 is 0 Å². The molecule has 2 aliphatic carbocycles. The van der Waals surface area contributed by atoms with Crippen LogP contribution >= 0.6 is 0 Å². The van der Waals surface area contributed by atoms with Gasteiger partial charge in [0.1, 0.15) is 0 Å². The molecule has 0 aromatic rings. The van der Waals surface area contributed by atoms with Gasteiger partial charge in [-0.15, -0.1) is 0 Å². The largest absolute Gasteiger partial charge is 0.481 e. The number of sulfonamides is 1. The van der Waals surface area contributed by atoms with Gasteiger partial charge in [0.05, 0.1) is 11.2 Å². The van der Waals surface area contributed by atoms with Gasteiger partial charge in [-0.3, -0.25) is 4.79 Å². The fraction of sp³-hybridized carbons (Fsp3) is 0.909. The molecular weight excluding hydrogens is 242 g/mol. The van der Waals surface area contributed by atoms with Crippen molar-refractivity contribution in [3.05, 3.63) is 0 Å². The van der Waals surface area contributed by atoms with Crippen molar-refractivity contribution in [2.45, 2.75) is 50.3 Å². The van der Waals surface area contributed by atoms with Crippen molar-refractivity contribution < 1.29 is 18.3 Å². The highest BCUT2D eigenvalue weighted by atomic mass is 32.2. The van der Waals surface area contributed by atoms with Gasteiger partial charge < -0.3 is 5.11 Å². The van der Waals surface area contributed by atoms with E-state index < -0.39 is 21.9 Å². The molecule has 3 atom stereocenters. The monoisotopic (exact) mass is 261 g/mol. The molecule has 0 spiro atoms. The minimum atomic E-state index is -3.19. The Labute approximate surface area is 102 Å². The van der Waals surface area contributed by atoms with Crippen molar-refractivity contribution in [1.82, 2.24) is 4.72 Å². The summed E-state index contributed by atoms with van der Waals surface area (Å²) in [6.07, 6.45) is 3.35. The predicted molar refractivity (Wildman–Crippen MR) is 63.0 cm³/mol. The highest BCUT2D eigenvalue weighted by molar-refractivity contribution is 7.90. The molecule has 0 bridgehead atoms. The third kappa shape index (κ3) is 2.80. The van der Waals surface area contributed by atoms with Crippen LogP contribution < -0.4 is 4.72 Å². The Hall–Kier alpha value is -0.620. The lowest BCUT2D eigenvalue weighted by molar-refractivity contribution is -0.143. The molecule has 2 N–H and O–H groups in total. The lowest BCUT2D eigenvalue weighted by Gasteiger charge is -2.12. The standard InChI is InChI=1S/C11H19NO4S/c1-2-7-5-8(6-10(7)11(13)14)12-17(15,16)9-3-4-9/h7-10,12H,2-6H2,1H3,(H,13,14)/t7?,8-,10-/m0/s1. The molecule has 0 heterocycles. The molecule has 2 saturated carbocycles. The number of hydrogen-bond acceptors (Lipinski definition) is 3. The third-order valence-electron chi connectivity index (χ3n) is 3.83. The number of aliphatic carboxylic acids is 1. The maximum absolute atomic E-state index is 11.8. The quantitative estimate of drug-likeness (QED) is 0.772. The molecule has 0 aliphatic heterocycles. The summed E-state index contributed by atoms with van der Waals surface area (Å²) in [7, 11) is -3.19. The fourth-order valence-electron chi connectivity index (χ4n) is 2.68. The first-order valence-electron chi connectivity index (χ1n) is 6.18. The molecule has 0 amide bonds. The van der Waals surface area contributed by atoms with Crippen LogP contribution in [0.4, 0.5) is 0 Å². The van der Waals surface area contributed by atoms with Crippen LogP contribution in [0.2, 0.25) is 0 Å². The third-order valence-corrected chi connectivity index (χ3v) is 5.84. The first-order valence-corrected chi connectivity index (χ1v) is 7.72. The molecule has 1 unspecified atom stereocenters. The highest BCUT2D eigenvalue weighted by Crippen LogP contribution is 2.36. The number of carboxylic acid groups (broad SMARTS) is 1. The van der Waals surface area contributed by atoms with E-state index in [4.69, 9.17) is 5.11 Å². The smallest absolute Gasteiger partial charge is 0.306 e. The van der Waals surface area contributed by atoms with E-state index in [1.807, 2.05) is 6.92 Å². The van der Waals surface area contributed by atoms with Crippen LogP contribution in [0.1, 0.15) is 39.0 Å².